The third-order valence-corrected chi connectivity index (χ3v) is 4.00. The fourth-order valence-corrected chi connectivity index (χ4v) is 3.02. The van der Waals surface area contributed by atoms with Crippen molar-refractivity contribution < 1.29 is 5.11 Å². The van der Waals surface area contributed by atoms with Gasteiger partial charge in [-0.1, -0.05) is 24.3 Å². The molecule has 0 radical (unpaired) electrons. The highest BCUT2D eigenvalue weighted by atomic mass is 16.3. The number of nitrogens with two attached hydrogens (primary N) is 1. The van der Waals surface area contributed by atoms with E-state index in [9.17, 15) is 5.11 Å². The van der Waals surface area contributed by atoms with Crippen LogP contribution >= 0.6 is 0 Å². The Morgan fingerprint density at radius 2 is 2.26 bits per heavy atom. The maximum atomic E-state index is 10.9. The molecule has 1 heterocycles. The minimum Gasteiger partial charge on any atom is -0.385 e. The summed E-state index contributed by atoms with van der Waals surface area (Å²) in [5.74, 6) is 0. The monoisotopic (exact) mass is 257 g/mol. The van der Waals surface area contributed by atoms with E-state index in [0.717, 1.165) is 23.1 Å². The molecule has 0 bridgehead atoms. The largest absolute Gasteiger partial charge is 0.385 e. The first kappa shape index (κ1) is 12.4. The van der Waals surface area contributed by atoms with Crippen molar-refractivity contribution in [3.63, 3.8) is 0 Å². The zero-order chi connectivity index (χ0) is 13.5. The number of hydrogen-bond donors (Lipinski definition) is 2. The second kappa shape index (κ2) is 4.47. The zero-order valence-electron chi connectivity index (χ0n) is 11.1. The Balaban J connectivity index is 1.81. The maximum Gasteiger partial charge on any atom is 0.0921 e. The molecule has 2 unspecified atom stereocenters. The second-order valence-corrected chi connectivity index (χ2v) is 5.45. The van der Waals surface area contributed by atoms with Gasteiger partial charge in [-0.25, -0.2) is 0 Å². The molecule has 3 N–H and O–H groups in total. The number of rotatable bonds is 3. The van der Waals surface area contributed by atoms with Crippen molar-refractivity contribution in [3.05, 3.63) is 53.3 Å². The Morgan fingerprint density at radius 1 is 1.47 bits per heavy atom. The van der Waals surface area contributed by atoms with Crippen LogP contribution in [-0.4, -0.2) is 14.9 Å². The molecule has 0 spiro atoms. The number of hydrogen-bond acceptors (Lipinski definition) is 3. The van der Waals surface area contributed by atoms with E-state index in [1.807, 2.05) is 43.7 Å². The third kappa shape index (κ3) is 2.17. The quantitative estimate of drug-likeness (QED) is 0.878. The van der Waals surface area contributed by atoms with Crippen LogP contribution in [0.3, 0.4) is 0 Å². The van der Waals surface area contributed by atoms with Crippen LogP contribution in [0.2, 0.25) is 0 Å². The van der Waals surface area contributed by atoms with E-state index in [2.05, 4.69) is 5.10 Å². The first-order chi connectivity index (χ1) is 9.08. The van der Waals surface area contributed by atoms with Crippen molar-refractivity contribution in [1.82, 2.24) is 9.78 Å². The normalized spacial score (nSPS) is 25.5. The van der Waals surface area contributed by atoms with Crippen molar-refractivity contribution in [2.24, 2.45) is 12.8 Å². The Morgan fingerprint density at radius 3 is 3.00 bits per heavy atom. The molecule has 100 valence electrons. The molecule has 2 aromatic rings. The van der Waals surface area contributed by atoms with Gasteiger partial charge in [0.2, 0.25) is 0 Å². The number of nitrogens with zero attached hydrogens (tertiary/aromatic N) is 2. The van der Waals surface area contributed by atoms with E-state index in [4.69, 9.17) is 5.73 Å². The molecular formula is C15H19N3O. The van der Waals surface area contributed by atoms with E-state index < -0.39 is 5.60 Å². The number of fused-ring (bicyclic) bond motifs is 1. The average molecular weight is 257 g/mol. The number of aryl methyl sites for hydroxylation is 2. The maximum absolute atomic E-state index is 10.9. The lowest BCUT2D eigenvalue weighted by atomic mass is 9.89. The van der Waals surface area contributed by atoms with Crippen LogP contribution in [0.25, 0.3) is 0 Å². The van der Waals surface area contributed by atoms with Crippen molar-refractivity contribution in [1.29, 1.82) is 0 Å². The molecule has 2 atom stereocenters. The third-order valence-electron chi connectivity index (χ3n) is 4.00. The van der Waals surface area contributed by atoms with E-state index in [-0.39, 0.29) is 6.04 Å². The lowest BCUT2D eigenvalue weighted by Gasteiger charge is -2.23. The van der Waals surface area contributed by atoms with E-state index in [1.54, 1.807) is 4.68 Å². The van der Waals surface area contributed by atoms with Gasteiger partial charge in [-0.15, -0.1) is 0 Å². The average Bonchev–Trinajstić information content (AvgIpc) is 2.92. The molecule has 0 aliphatic heterocycles. The Hall–Kier alpha value is -1.65. The van der Waals surface area contributed by atoms with Crippen LogP contribution in [0.5, 0.6) is 0 Å². The summed E-state index contributed by atoms with van der Waals surface area (Å²) >= 11 is 0. The zero-order valence-corrected chi connectivity index (χ0v) is 11.1. The molecule has 1 aliphatic carbocycles. The summed E-state index contributed by atoms with van der Waals surface area (Å²) in [5, 5.41) is 15.0. The fraction of sp³-hybridized carbons (Fsp3) is 0.400. The molecule has 0 saturated carbocycles. The van der Waals surface area contributed by atoms with Gasteiger partial charge in [0.1, 0.15) is 0 Å². The van der Waals surface area contributed by atoms with Gasteiger partial charge in [-0.2, -0.15) is 5.10 Å². The molecule has 1 aromatic heterocycles. The SMILES string of the molecule is Cn1cc(CCC2(O)CC(N)c3ccccc32)cn1. The lowest BCUT2D eigenvalue weighted by Crippen LogP contribution is -2.24. The Labute approximate surface area is 112 Å². The molecule has 4 heteroatoms. The number of aromatic nitrogens is 2. The Bertz CT molecular complexity index is 593. The molecule has 4 nitrogen and oxygen atoms in total. The van der Waals surface area contributed by atoms with E-state index in [0.29, 0.717) is 12.8 Å². The predicted octanol–water partition coefficient (Wildman–Crippen LogP) is 1.64. The summed E-state index contributed by atoms with van der Waals surface area (Å²) < 4.78 is 1.79. The van der Waals surface area contributed by atoms with Gasteiger partial charge in [0, 0.05) is 19.3 Å². The number of aliphatic hydroxyl groups is 1. The highest BCUT2D eigenvalue weighted by molar-refractivity contribution is 5.40. The molecule has 3 rings (SSSR count). The Kier molecular flexibility index (Phi) is 2.92. The lowest BCUT2D eigenvalue weighted by molar-refractivity contribution is 0.0251. The van der Waals surface area contributed by atoms with Crippen LogP contribution in [0.15, 0.2) is 36.7 Å². The van der Waals surface area contributed by atoms with Gasteiger partial charge in [0.05, 0.1) is 11.8 Å². The van der Waals surface area contributed by atoms with Crippen molar-refractivity contribution in [2.75, 3.05) is 0 Å². The molecule has 0 saturated heterocycles. The summed E-state index contributed by atoms with van der Waals surface area (Å²) in [7, 11) is 1.90. The second-order valence-electron chi connectivity index (χ2n) is 5.45. The van der Waals surface area contributed by atoms with Crippen LogP contribution < -0.4 is 5.73 Å². The molecule has 0 fully saturated rings. The van der Waals surface area contributed by atoms with Gasteiger partial charge in [0.15, 0.2) is 0 Å². The van der Waals surface area contributed by atoms with Gasteiger partial charge in [-0.05, 0) is 36.0 Å². The van der Waals surface area contributed by atoms with Gasteiger partial charge >= 0.3 is 0 Å². The fourth-order valence-electron chi connectivity index (χ4n) is 3.02. The predicted molar refractivity (Wildman–Crippen MR) is 73.4 cm³/mol. The summed E-state index contributed by atoms with van der Waals surface area (Å²) in [6, 6.07) is 7.89. The van der Waals surface area contributed by atoms with Crippen molar-refractivity contribution in [3.8, 4) is 0 Å². The minimum atomic E-state index is -0.800. The van der Waals surface area contributed by atoms with Crippen LogP contribution in [-0.2, 0) is 19.1 Å². The highest BCUT2D eigenvalue weighted by Crippen LogP contribution is 2.44. The van der Waals surface area contributed by atoms with E-state index >= 15 is 0 Å². The summed E-state index contributed by atoms with van der Waals surface area (Å²) in [5.41, 5.74) is 8.54. The van der Waals surface area contributed by atoms with Crippen molar-refractivity contribution >= 4 is 0 Å². The van der Waals surface area contributed by atoms with Gasteiger partial charge in [-0.3, -0.25) is 4.68 Å². The first-order valence-electron chi connectivity index (χ1n) is 6.63. The minimum absolute atomic E-state index is 0.0601. The van der Waals surface area contributed by atoms with Crippen molar-refractivity contribution in [2.45, 2.75) is 30.9 Å². The molecule has 0 amide bonds. The summed E-state index contributed by atoms with van der Waals surface area (Å²) in [6.45, 7) is 0. The smallest absolute Gasteiger partial charge is 0.0921 e. The van der Waals surface area contributed by atoms with Crippen LogP contribution in [0, 0.1) is 0 Å². The number of benzene rings is 1. The van der Waals surface area contributed by atoms with Gasteiger partial charge in [0.25, 0.3) is 0 Å². The summed E-state index contributed by atoms with van der Waals surface area (Å²) in [4.78, 5) is 0. The molecule has 1 aromatic carbocycles. The molecular weight excluding hydrogens is 238 g/mol. The topological polar surface area (TPSA) is 64.1 Å². The highest BCUT2D eigenvalue weighted by Gasteiger charge is 2.40. The van der Waals surface area contributed by atoms with Crippen LogP contribution in [0.4, 0.5) is 0 Å². The van der Waals surface area contributed by atoms with Crippen LogP contribution in [0.1, 0.15) is 35.6 Å². The van der Waals surface area contributed by atoms with E-state index in [1.165, 1.54) is 0 Å². The first-order valence-corrected chi connectivity index (χ1v) is 6.63. The molecule has 19 heavy (non-hydrogen) atoms. The van der Waals surface area contributed by atoms with Gasteiger partial charge < -0.3 is 10.8 Å². The summed E-state index contributed by atoms with van der Waals surface area (Å²) in [6.07, 6.45) is 5.94. The molecule has 1 aliphatic rings. The standard InChI is InChI=1S/C15H19N3O/c1-18-10-11(9-17-18)6-7-15(19)8-14(16)12-4-2-3-5-13(12)15/h2-5,9-10,14,19H,6-8,16H2,1H3.